The van der Waals surface area contributed by atoms with Crippen LogP contribution in [0.4, 0.5) is 0 Å². The first-order valence-corrected chi connectivity index (χ1v) is 7.83. The number of ether oxygens (including phenoxy) is 1. The molecule has 1 aliphatic carbocycles. The summed E-state index contributed by atoms with van der Waals surface area (Å²) in [6, 6.07) is 0.490. The lowest BCUT2D eigenvalue weighted by atomic mass is 9.95. The smallest absolute Gasteiger partial charge is 0.237 e. The van der Waals surface area contributed by atoms with Crippen molar-refractivity contribution in [3.63, 3.8) is 0 Å². The van der Waals surface area contributed by atoms with E-state index >= 15 is 0 Å². The Morgan fingerprint density at radius 2 is 2.20 bits per heavy atom. The van der Waals surface area contributed by atoms with Gasteiger partial charge >= 0.3 is 0 Å². The van der Waals surface area contributed by atoms with Gasteiger partial charge in [0, 0.05) is 25.7 Å². The van der Waals surface area contributed by atoms with E-state index in [1.54, 1.807) is 0 Å². The fourth-order valence-electron chi connectivity index (χ4n) is 2.84. The average Bonchev–Trinajstić information content (AvgIpc) is 3.21. The second-order valence-corrected chi connectivity index (χ2v) is 6.71. The number of hydrogen-bond donors (Lipinski definition) is 2. The minimum Gasteiger partial charge on any atom is -0.381 e. The van der Waals surface area contributed by atoms with E-state index < -0.39 is 5.54 Å². The summed E-state index contributed by atoms with van der Waals surface area (Å²) in [6.45, 7) is 5.64. The first-order valence-electron chi connectivity index (χ1n) is 7.83. The van der Waals surface area contributed by atoms with Gasteiger partial charge in [0.2, 0.25) is 5.91 Å². The van der Waals surface area contributed by atoms with E-state index in [-0.39, 0.29) is 5.91 Å². The molecule has 2 atom stereocenters. The van der Waals surface area contributed by atoms with Crippen molar-refractivity contribution < 1.29 is 9.53 Å². The lowest BCUT2D eigenvalue weighted by molar-refractivity contribution is -0.124. The van der Waals surface area contributed by atoms with E-state index in [1.807, 2.05) is 6.92 Å². The van der Waals surface area contributed by atoms with Crippen molar-refractivity contribution in [2.45, 2.75) is 50.6 Å². The van der Waals surface area contributed by atoms with Gasteiger partial charge in [0.15, 0.2) is 0 Å². The van der Waals surface area contributed by atoms with E-state index in [0.29, 0.717) is 12.0 Å². The number of nitrogens with zero attached hydrogens (tertiary/aromatic N) is 1. The van der Waals surface area contributed by atoms with Gasteiger partial charge in [-0.25, -0.2) is 0 Å². The summed E-state index contributed by atoms with van der Waals surface area (Å²) in [5, 5.41) is 3.40. The van der Waals surface area contributed by atoms with Crippen LogP contribution in [0, 0.1) is 5.92 Å². The van der Waals surface area contributed by atoms with Crippen LogP contribution in [0.5, 0.6) is 0 Å². The number of carbonyl (C=O) groups excluding carboxylic acids is 1. The van der Waals surface area contributed by atoms with E-state index in [0.717, 1.165) is 45.6 Å². The molecule has 1 aliphatic heterocycles. The fraction of sp³-hybridized carbons (Fsp3) is 0.933. The molecule has 2 fully saturated rings. The van der Waals surface area contributed by atoms with Gasteiger partial charge in [-0.2, -0.15) is 0 Å². The van der Waals surface area contributed by atoms with Crippen molar-refractivity contribution in [3.8, 4) is 0 Å². The Balaban J connectivity index is 1.74. The van der Waals surface area contributed by atoms with Gasteiger partial charge in [0.1, 0.15) is 0 Å². The standard InChI is InChI=1S/C15H29N3O2/c1-15(14(16)19,17-13-5-6-13)7-8-18(2)10-12-4-3-9-20-11-12/h12-13,17H,3-11H2,1-2H3,(H2,16,19). The zero-order valence-corrected chi connectivity index (χ0v) is 12.9. The molecule has 0 bridgehead atoms. The molecular weight excluding hydrogens is 254 g/mol. The molecule has 20 heavy (non-hydrogen) atoms. The Hall–Kier alpha value is -0.650. The monoisotopic (exact) mass is 283 g/mol. The number of primary amides is 1. The topological polar surface area (TPSA) is 67.6 Å². The third kappa shape index (κ3) is 4.72. The normalized spacial score (nSPS) is 26.4. The number of nitrogens with one attached hydrogen (secondary N) is 1. The number of rotatable bonds is 8. The predicted octanol–water partition coefficient (Wildman–Crippen LogP) is 0.731. The second-order valence-electron chi connectivity index (χ2n) is 6.71. The number of nitrogens with two attached hydrogens (primary N) is 1. The zero-order chi connectivity index (χ0) is 14.6. The third-order valence-corrected chi connectivity index (χ3v) is 4.46. The van der Waals surface area contributed by atoms with Crippen LogP contribution in [0.1, 0.15) is 39.0 Å². The molecule has 5 heteroatoms. The van der Waals surface area contributed by atoms with Crippen molar-refractivity contribution in [3.05, 3.63) is 0 Å². The van der Waals surface area contributed by atoms with Gasteiger partial charge in [-0.15, -0.1) is 0 Å². The van der Waals surface area contributed by atoms with E-state index in [1.165, 1.54) is 12.8 Å². The number of hydrogen-bond acceptors (Lipinski definition) is 4. The van der Waals surface area contributed by atoms with Crippen molar-refractivity contribution in [1.29, 1.82) is 0 Å². The molecule has 2 unspecified atom stereocenters. The second kappa shape index (κ2) is 6.87. The molecule has 1 heterocycles. The maximum absolute atomic E-state index is 11.7. The van der Waals surface area contributed by atoms with E-state index in [9.17, 15) is 4.79 Å². The predicted molar refractivity (Wildman–Crippen MR) is 79.4 cm³/mol. The quantitative estimate of drug-likeness (QED) is 0.689. The van der Waals surface area contributed by atoms with Crippen LogP contribution in [0.2, 0.25) is 0 Å². The highest BCUT2D eigenvalue weighted by Gasteiger charge is 2.36. The van der Waals surface area contributed by atoms with Crippen LogP contribution in [0.25, 0.3) is 0 Å². The van der Waals surface area contributed by atoms with Crippen molar-refractivity contribution in [2.75, 3.05) is 33.4 Å². The van der Waals surface area contributed by atoms with Crippen LogP contribution in [-0.2, 0) is 9.53 Å². The highest BCUT2D eigenvalue weighted by atomic mass is 16.5. The molecule has 1 saturated carbocycles. The molecule has 1 saturated heterocycles. The molecule has 2 rings (SSSR count). The molecular formula is C15H29N3O2. The molecule has 2 aliphatic rings. The SMILES string of the molecule is CN(CCC(C)(NC1CC1)C(N)=O)CC1CCCOC1. The summed E-state index contributed by atoms with van der Waals surface area (Å²) in [4.78, 5) is 14.0. The average molecular weight is 283 g/mol. The van der Waals surface area contributed by atoms with Gasteiger partial charge in [0.05, 0.1) is 12.1 Å². The van der Waals surface area contributed by atoms with Gasteiger partial charge in [-0.3, -0.25) is 4.79 Å². The molecule has 116 valence electrons. The Morgan fingerprint density at radius 3 is 2.75 bits per heavy atom. The molecule has 3 N–H and O–H groups in total. The highest BCUT2D eigenvalue weighted by molar-refractivity contribution is 5.84. The first kappa shape index (κ1) is 15.7. The van der Waals surface area contributed by atoms with Gasteiger partial charge in [-0.1, -0.05) is 0 Å². The van der Waals surface area contributed by atoms with E-state index in [2.05, 4.69) is 17.3 Å². The highest BCUT2D eigenvalue weighted by Crippen LogP contribution is 2.24. The van der Waals surface area contributed by atoms with Crippen LogP contribution in [0.3, 0.4) is 0 Å². The Kier molecular flexibility index (Phi) is 5.41. The molecule has 0 aromatic rings. The van der Waals surface area contributed by atoms with E-state index in [4.69, 9.17) is 10.5 Å². The summed E-state index contributed by atoms with van der Waals surface area (Å²) in [5.41, 5.74) is 5.01. The van der Waals surface area contributed by atoms with Crippen LogP contribution in [-0.4, -0.2) is 55.7 Å². The molecule has 0 spiro atoms. The van der Waals surface area contributed by atoms with Crippen molar-refractivity contribution >= 4 is 5.91 Å². The summed E-state index contributed by atoms with van der Waals surface area (Å²) in [7, 11) is 2.12. The maximum Gasteiger partial charge on any atom is 0.237 e. The van der Waals surface area contributed by atoms with Gasteiger partial charge < -0.3 is 20.7 Å². The van der Waals surface area contributed by atoms with Crippen LogP contribution < -0.4 is 11.1 Å². The van der Waals surface area contributed by atoms with Crippen LogP contribution in [0.15, 0.2) is 0 Å². The lowest BCUT2D eigenvalue weighted by Crippen LogP contribution is -2.55. The summed E-state index contributed by atoms with van der Waals surface area (Å²) >= 11 is 0. The zero-order valence-electron chi connectivity index (χ0n) is 12.9. The summed E-state index contributed by atoms with van der Waals surface area (Å²) < 4.78 is 5.51. The minimum absolute atomic E-state index is 0.237. The fourth-order valence-corrected chi connectivity index (χ4v) is 2.84. The summed E-state index contributed by atoms with van der Waals surface area (Å²) in [6.07, 6.45) is 5.51. The van der Waals surface area contributed by atoms with Crippen molar-refractivity contribution in [2.24, 2.45) is 11.7 Å². The summed E-state index contributed by atoms with van der Waals surface area (Å²) in [5.74, 6) is 0.392. The van der Waals surface area contributed by atoms with Crippen LogP contribution >= 0.6 is 0 Å². The molecule has 5 nitrogen and oxygen atoms in total. The Labute approximate surface area is 122 Å². The van der Waals surface area contributed by atoms with Gasteiger partial charge in [-0.05, 0) is 52.0 Å². The first-order chi connectivity index (χ1) is 9.49. The Morgan fingerprint density at radius 1 is 1.45 bits per heavy atom. The molecule has 0 aromatic carbocycles. The van der Waals surface area contributed by atoms with Gasteiger partial charge in [0.25, 0.3) is 0 Å². The maximum atomic E-state index is 11.7. The Bertz CT molecular complexity index is 327. The molecule has 0 radical (unpaired) electrons. The van der Waals surface area contributed by atoms with Crippen molar-refractivity contribution in [1.82, 2.24) is 10.2 Å². The molecule has 1 amide bonds. The minimum atomic E-state index is -0.571. The number of carbonyl (C=O) groups is 1. The largest absolute Gasteiger partial charge is 0.381 e. The number of amides is 1. The molecule has 0 aromatic heterocycles. The lowest BCUT2D eigenvalue weighted by Gasteiger charge is -2.32. The third-order valence-electron chi connectivity index (χ3n) is 4.46.